The predicted molar refractivity (Wildman–Crippen MR) is 156 cm³/mol. The number of aryl methyl sites for hydroxylation is 4. The molecule has 0 saturated carbocycles. The van der Waals surface area contributed by atoms with Crippen molar-refractivity contribution >= 4 is 23.8 Å². The lowest BCUT2D eigenvalue weighted by Gasteiger charge is -2.04. The van der Waals surface area contributed by atoms with E-state index in [1.807, 2.05) is 12.4 Å². The highest BCUT2D eigenvalue weighted by molar-refractivity contribution is 5.82. The van der Waals surface area contributed by atoms with Gasteiger partial charge in [0.1, 0.15) is 0 Å². The molecular weight excluding hydrogens is 436 g/mol. The molecule has 0 amide bonds. The van der Waals surface area contributed by atoms with Crippen molar-refractivity contribution in [1.82, 2.24) is 0 Å². The van der Waals surface area contributed by atoms with E-state index in [1.165, 1.54) is 47.9 Å². The van der Waals surface area contributed by atoms with Crippen LogP contribution in [0.2, 0.25) is 0 Å². The van der Waals surface area contributed by atoms with Crippen molar-refractivity contribution < 1.29 is 0 Å². The van der Waals surface area contributed by atoms with Crippen LogP contribution < -0.4 is 0 Å². The van der Waals surface area contributed by atoms with Gasteiger partial charge in [-0.1, -0.05) is 96.8 Å². The van der Waals surface area contributed by atoms with Gasteiger partial charge in [0.15, 0.2) is 0 Å². The monoisotopic (exact) mass is 472 g/mol. The van der Waals surface area contributed by atoms with Gasteiger partial charge in [0.05, 0.1) is 11.4 Å². The van der Waals surface area contributed by atoms with E-state index in [0.717, 1.165) is 35.3 Å². The number of unbranched alkanes of at least 4 members (excludes halogenated alkanes) is 3. The Kier molecular flexibility index (Phi) is 9.39. The molecule has 0 aliphatic carbocycles. The summed E-state index contributed by atoms with van der Waals surface area (Å²) in [6, 6.07) is 34.2. The molecule has 0 aliphatic heterocycles. The number of rotatable bonds is 11. The molecule has 0 atom stereocenters. The van der Waals surface area contributed by atoms with Gasteiger partial charge in [0, 0.05) is 12.4 Å². The van der Waals surface area contributed by atoms with E-state index >= 15 is 0 Å². The van der Waals surface area contributed by atoms with Crippen molar-refractivity contribution in [1.29, 1.82) is 0 Å². The van der Waals surface area contributed by atoms with Crippen LogP contribution in [0.3, 0.4) is 0 Å². The highest BCUT2D eigenvalue weighted by Gasteiger charge is 1.98. The Morgan fingerprint density at radius 1 is 0.444 bits per heavy atom. The highest BCUT2D eigenvalue weighted by Crippen LogP contribution is 2.18. The van der Waals surface area contributed by atoms with Gasteiger partial charge in [-0.15, -0.1) is 0 Å². The first kappa shape index (κ1) is 25.3. The Hall–Kier alpha value is -3.78. The molecule has 4 aromatic rings. The maximum atomic E-state index is 4.60. The summed E-state index contributed by atoms with van der Waals surface area (Å²) in [5, 5.41) is 0. The van der Waals surface area contributed by atoms with Gasteiger partial charge < -0.3 is 0 Å². The van der Waals surface area contributed by atoms with Crippen molar-refractivity contribution in [3.05, 3.63) is 130 Å². The van der Waals surface area contributed by atoms with Crippen LogP contribution in [0, 0.1) is 13.8 Å². The van der Waals surface area contributed by atoms with Crippen LogP contribution >= 0.6 is 0 Å². The van der Waals surface area contributed by atoms with Crippen LogP contribution in [0.1, 0.15) is 59.1 Å². The van der Waals surface area contributed by atoms with Crippen molar-refractivity contribution in [2.45, 2.75) is 52.4 Å². The summed E-state index contributed by atoms with van der Waals surface area (Å²) in [7, 11) is 0. The molecule has 4 aromatic carbocycles. The van der Waals surface area contributed by atoms with Crippen molar-refractivity contribution in [3.8, 4) is 0 Å². The Labute approximate surface area is 216 Å². The zero-order valence-electron chi connectivity index (χ0n) is 21.5. The third kappa shape index (κ3) is 8.46. The lowest BCUT2D eigenvalue weighted by atomic mass is 10.0. The first-order valence-electron chi connectivity index (χ1n) is 13.0. The standard InChI is InChI=1S/C34H36N2/c1-27-9-13-31(14-10-27)25-35-33-21-17-29(18-22-33)7-5-3-4-6-8-30-19-23-34(24-20-30)36-26-32-15-11-28(2)12-16-32/h9-26H,3-8H2,1-2H3. The third-order valence-corrected chi connectivity index (χ3v) is 6.43. The second-order valence-corrected chi connectivity index (χ2v) is 9.58. The Morgan fingerprint density at radius 3 is 1.17 bits per heavy atom. The van der Waals surface area contributed by atoms with Crippen LogP contribution in [-0.4, -0.2) is 12.4 Å². The van der Waals surface area contributed by atoms with E-state index in [1.54, 1.807) is 0 Å². The number of hydrogen-bond donors (Lipinski definition) is 0. The average Bonchev–Trinajstić information content (AvgIpc) is 2.91. The molecule has 4 rings (SSSR count). The molecule has 2 nitrogen and oxygen atoms in total. The maximum absolute atomic E-state index is 4.60. The minimum Gasteiger partial charge on any atom is -0.256 e. The Morgan fingerprint density at radius 2 is 0.806 bits per heavy atom. The minimum atomic E-state index is 1.01. The summed E-state index contributed by atoms with van der Waals surface area (Å²) >= 11 is 0. The molecule has 0 saturated heterocycles. The number of nitrogens with zero attached hydrogens (tertiary/aromatic N) is 2. The molecule has 0 bridgehead atoms. The van der Waals surface area contributed by atoms with Crippen molar-refractivity contribution in [3.63, 3.8) is 0 Å². The molecule has 0 aliphatic rings. The van der Waals surface area contributed by atoms with Gasteiger partial charge in [-0.25, -0.2) is 0 Å². The fraction of sp³-hybridized carbons (Fsp3) is 0.235. The topological polar surface area (TPSA) is 24.7 Å². The van der Waals surface area contributed by atoms with Crippen LogP contribution in [0.5, 0.6) is 0 Å². The molecular formula is C34H36N2. The first-order chi connectivity index (χ1) is 17.6. The summed E-state index contributed by atoms with van der Waals surface area (Å²) in [4.78, 5) is 9.19. The molecule has 0 fully saturated rings. The normalized spacial score (nSPS) is 11.5. The number of benzene rings is 4. The second-order valence-electron chi connectivity index (χ2n) is 9.58. The Bertz CT molecular complexity index is 1140. The highest BCUT2D eigenvalue weighted by atomic mass is 14.7. The summed E-state index contributed by atoms with van der Waals surface area (Å²) < 4.78 is 0. The van der Waals surface area contributed by atoms with E-state index in [2.05, 4.69) is 121 Å². The van der Waals surface area contributed by atoms with E-state index < -0.39 is 0 Å². The van der Waals surface area contributed by atoms with Gasteiger partial charge in [-0.2, -0.15) is 0 Å². The predicted octanol–water partition coefficient (Wildman–Crippen LogP) is 9.15. The van der Waals surface area contributed by atoms with Crippen LogP contribution in [0.15, 0.2) is 107 Å². The van der Waals surface area contributed by atoms with E-state index in [9.17, 15) is 0 Å². The second kappa shape index (κ2) is 13.3. The lowest BCUT2D eigenvalue weighted by Crippen LogP contribution is -1.88. The quantitative estimate of drug-likeness (QED) is 0.154. The molecule has 0 radical (unpaired) electrons. The lowest BCUT2D eigenvalue weighted by molar-refractivity contribution is 0.640. The largest absolute Gasteiger partial charge is 0.256 e. The molecule has 0 unspecified atom stereocenters. The van der Waals surface area contributed by atoms with Crippen LogP contribution in [0.4, 0.5) is 11.4 Å². The average molecular weight is 473 g/mol. The van der Waals surface area contributed by atoms with Gasteiger partial charge in [0.25, 0.3) is 0 Å². The molecule has 0 aromatic heterocycles. The van der Waals surface area contributed by atoms with E-state index in [-0.39, 0.29) is 0 Å². The molecule has 0 N–H and O–H groups in total. The number of aliphatic imine (C=N–C) groups is 2. The molecule has 36 heavy (non-hydrogen) atoms. The van der Waals surface area contributed by atoms with Crippen LogP contribution in [0.25, 0.3) is 0 Å². The molecule has 2 heteroatoms. The minimum absolute atomic E-state index is 1.01. The fourth-order valence-corrected chi connectivity index (χ4v) is 4.11. The van der Waals surface area contributed by atoms with Crippen molar-refractivity contribution in [2.75, 3.05) is 0 Å². The molecule has 0 spiro atoms. The van der Waals surface area contributed by atoms with E-state index in [4.69, 9.17) is 0 Å². The fourth-order valence-electron chi connectivity index (χ4n) is 4.11. The molecule has 0 heterocycles. The summed E-state index contributed by atoms with van der Waals surface area (Å²) in [6.45, 7) is 4.20. The van der Waals surface area contributed by atoms with Gasteiger partial charge in [-0.3, -0.25) is 9.98 Å². The third-order valence-electron chi connectivity index (χ3n) is 6.43. The summed E-state index contributed by atoms with van der Waals surface area (Å²) in [5.74, 6) is 0. The zero-order valence-corrected chi connectivity index (χ0v) is 21.5. The van der Waals surface area contributed by atoms with E-state index in [0.29, 0.717) is 0 Å². The first-order valence-corrected chi connectivity index (χ1v) is 13.0. The Balaban J connectivity index is 1.12. The molecule has 182 valence electrons. The SMILES string of the molecule is Cc1ccc(C=Nc2ccc(CCCCCCc3ccc(N=Cc4ccc(C)cc4)cc3)cc2)cc1. The zero-order chi connectivity index (χ0) is 25.0. The maximum Gasteiger partial charge on any atom is 0.0630 e. The van der Waals surface area contributed by atoms with Crippen molar-refractivity contribution in [2.24, 2.45) is 9.98 Å². The smallest absolute Gasteiger partial charge is 0.0630 e. The summed E-state index contributed by atoms with van der Waals surface area (Å²) in [5.41, 5.74) is 9.60. The summed E-state index contributed by atoms with van der Waals surface area (Å²) in [6.07, 6.45) is 11.1. The van der Waals surface area contributed by atoms with Crippen LogP contribution in [-0.2, 0) is 12.8 Å². The number of hydrogen-bond acceptors (Lipinski definition) is 2. The van der Waals surface area contributed by atoms with Gasteiger partial charge in [-0.05, 0) is 86.1 Å². The van der Waals surface area contributed by atoms with Gasteiger partial charge in [0.2, 0.25) is 0 Å². The van der Waals surface area contributed by atoms with Gasteiger partial charge >= 0.3 is 0 Å².